The van der Waals surface area contributed by atoms with Crippen molar-refractivity contribution < 1.29 is 18.3 Å². The molecule has 3 N–H and O–H groups in total. The van der Waals surface area contributed by atoms with Crippen molar-refractivity contribution in [3.05, 3.63) is 35.1 Å². The Morgan fingerprint density at radius 1 is 1.33 bits per heavy atom. The van der Waals surface area contributed by atoms with E-state index in [1.807, 2.05) is 0 Å². The lowest BCUT2D eigenvalue weighted by Gasteiger charge is -2.10. The van der Waals surface area contributed by atoms with E-state index in [1.54, 1.807) is 0 Å². The number of rotatable bonds is 3. The number of aliphatic hydroxyl groups is 1. The molecule has 1 unspecified atom stereocenters. The van der Waals surface area contributed by atoms with E-state index in [-0.39, 0.29) is 19.0 Å². The molecule has 2 nitrogen and oxygen atoms in total. The van der Waals surface area contributed by atoms with Crippen LogP contribution in [0.5, 0.6) is 0 Å². The van der Waals surface area contributed by atoms with Crippen LogP contribution >= 0.6 is 12.4 Å². The second-order valence-corrected chi connectivity index (χ2v) is 2.87. The fourth-order valence-corrected chi connectivity index (χ4v) is 1.06. The van der Waals surface area contributed by atoms with Crippen molar-refractivity contribution in [2.24, 2.45) is 5.73 Å². The molecule has 0 heterocycles. The van der Waals surface area contributed by atoms with Crippen LogP contribution in [0.2, 0.25) is 0 Å². The van der Waals surface area contributed by atoms with Crippen molar-refractivity contribution in [1.82, 2.24) is 0 Å². The van der Waals surface area contributed by atoms with E-state index in [9.17, 15) is 13.2 Å². The van der Waals surface area contributed by atoms with Crippen LogP contribution in [0.15, 0.2) is 18.2 Å². The number of hydrogen-bond acceptors (Lipinski definition) is 2. The second kappa shape index (κ2) is 5.95. The lowest BCUT2D eigenvalue weighted by Crippen LogP contribution is -2.14. The van der Waals surface area contributed by atoms with Gasteiger partial charge in [0.25, 0.3) is 6.43 Å². The van der Waals surface area contributed by atoms with Crippen molar-refractivity contribution in [3.8, 4) is 0 Å². The molecule has 1 rings (SSSR count). The first-order valence-corrected chi connectivity index (χ1v) is 4.00. The van der Waals surface area contributed by atoms with Gasteiger partial charge in [0, 0.05) is 0 Å². The highest BCUT2D eigenvalue weighted by Gasteiger charge is 2.14. The summed E-state index contributed by atoms with van der Waals surface area (Å²) in [5.74, 6) is -0.999. The van der Waals surface area contributed by atoms with Gasteiger partial charge in [-0.15, -0.1) is 12.4 Å². The van der Waals surface area contributed by atoms with Gasteiger partial charge in [-0.05, 0) is 11.6 Å². The van der Waals surface area contributed by atoms with Crippen LogP contribution in [-0.2, 0) is 0 Å². The van der Waals surface area contributed by atoms with E-state index < -0.39 is 23.8 Å². The van der Waals surface area contributed by atoms with Crippen LogP contribution < -0.4 is 5.73 Å². The Labute approximate surface area is 91.3 Å². The molecule has 86 valence electrons. The second-order valence-electron chi connectivity index (χ2n) is 2.87. The number of aliphatic hydroxyl groups excluding tert-OH is 1. The van der Waals surface area contributed by atoms with Crippen molar-refractivity contribution in [2.45, 2.75) is 12.5 Å². The molecule has 0 aliphatic rings. The first-order valence-electron chi connectivity index (χ1n) is 4.00. The number of hydrogen-bond donors (Lipinski definition) is 2. The maximum Gasteiger partial charge on any atom is 0.266 e. The molecule has 0 amide bonds. The molecule has 0 aliphatic heterocycles. The fourth-order valence-electron chi connectivity index (χ4n) is 1.06. The van der Waals surface area contributed by atoms with Gasteiger partial charge < -0.3 is 10.8 Å². The highest BCUT2D eigenvalue weighted by Crippen LogP contribution is 2.24. The van der Waals surface area contributed by atoms with Crippen LogP contribution in [0.25, 0.3) is 0 Å². The summed E-state index contributed by atoms with van der Waals surface area (Å²) in [6.07, 6.45) is -2.84. The monoisotopic (exact) mass is 241 g/mol. The van der Waals surface area contributed by atoms with E-state index >= 15 is 0 Å². The van der Waals surface area contributed by atoms with E-state index in [2.05, 4.69) is 0 Å². The predicted octanol–water partition coefficient (Wildman–Crippen LogP) is 2.18. The molecule has 0 spiro atoms. The first kappa shape index (κ1) is 14.2. The molecule has 15 heavy (non-hydrogen) atoms. The van der Waals surface area contributed by atoms with Crippen LogP contribution in [0, 0.1) is 5.82 Å². The Bertz CT molecular complexity index is 322. The van der Waals surface area contributed by atoms with Crippen LogP contribution in [-0.4, -0.2) is 11.7 Å². The number of alkyl halides is 2. The minimum Gasteiger partial charge on any atom is -0.394 e. The summed E-state index contributed by atoms with van der Waals surface area (Å²) in [4.78, 5) is 0. The normalized spacial score (nSPS) is 12.4. The zero-order valence-electron chi connectivity index (χ0n) is 7.66. The van der Waals surface area contributed by atoms with E-state index in [4.69, 9.17) is 10.8 Å². The third-order valence-corrected chi connectivity index (χ3v) is 1.88. The van der Waals surface area contributed by atoms with E-state index in [0.29, 0.717) is 5.56 Å². The van der Waals surface area contributed by atoms with Gasteiger partial charge in [-0.25, -0.2) is 13.2 Å². The molecule has 6 heteroatoms. The van der Waals surface area contributed by atoms with Crippen LogP contribution in [0.1, 0.15) is 23.6 Å². The standard InChI is InChI=1S/C9H10F3NO.ClH/c10-7-3-5(8(13)4-14)1-2-6(7)9(11)12;/h1-3,8-9,14H,4,13H2;1H. The number of benzene rings is 1. The van der Waals surface area contributed by atoms with Crippen LogP contribution in [0.3, 0.4) is 0 Å². The van der Waals surface area contributed by atoms with Gasteiger partial charge in [0.15, 0.2) is 0 Å². The van der Waals surface area contributed by atoms with Gasteiger partial charge in [0.2, 0.25) is 0 Å². The Kier molecular flexibility index (Phi) is 5.64. The van der Waals surface area contributed by atoms with Gasteiger partial charge in [0.05, 0.1) is 18.2 Å². The average molecular weight is 242 g/mol. The largest absolute Gasteiger partial charge is 0.394 e. The molecule has 0 fully saturated rings. The highest BCUT2D eigenvalue weighted by atomic mass is 35.5. The van der Waals surface area contributed by atoms with Gasteiger partial charge in [-0.1, -0.05) is 12.1 Å². The van der Waals surface area contributed by atoms with Gasteiger partial charge >= 0.3 is 0 Å². The minimum atomic E-state index is -2.84. The lowest BCUT2D eigenvalue weighted by molar-refractivity contribution is 0.146. The molecule has 1 aromatic rings. The molecular weight excluding hydrogens is 231 g/mol. The molecule has 0 bridgehead atoms. The average Bonchev–Trinajstić information content (AvgIpc) is 2.15. The van der Waals surface area contributed by atoms with E-state index in [1.165, 1.54) is 6.07 Å². The molecule has 0 radical (unpaired) electrons. The summed E-state index contributed by atoms with van der Waals surface area (Å²) in [5, 5.41) is 8.66. The zero-order chi connectivity index (χ0) is 10.7. The van der Waals surface area contributed by atoms with Crippen molar-refractivity contribution in [2.75, 3.05) is 6.61 Å². The summed E-state index contributed by atoms with van der Waals surface area (Å²) in [6, 6.07) is 2.44. The van der Waals surface area contributed by atoms with Gasteiger partial charge in [-0.3, -0.25) is 0 Å². The molecule has 1 atom stereocenters. The van der Waals surface area contributed by atoms with E-state index in [0.717, 1.165) is 12.1 Å². The highest BCUT2D eigenvalue weighted by molar-refractivity contribution is 5.85. The van der Waals surface area contributed by atoms with Gasteiger partial charge in [-0.2, -0.15) is 0 Å². The zero-order valence-corrected chi connectivity index (χ0v) is 8.48. The van der Waals surface area contributed by atoms with Crippen molar-refractivity contribution in [1.29, 1.82) is 0 Å². The third-order valence-electron chi connectivity index (χ3n) is 1.88. The molecule has 0 saturated carbocycles. The fraction of sp³-hybridized carbons (Fsp3) is 0.333. The molecule has 1 aromatic carbocycles. The minimum absolute atomic E-state index is 0. The maximum absolute atomic E-state index is 13.0. The smallest absolute Gasteiger partial charge is 0.266 e. The Balaban J connectivity index is 0.00000196. The first-order chi connectivity index (χ1) is 6.56. The predicted molar refractivity (Wildman–Crippen MR) is 52.6 cm³/mol. The maximum atomic E-state index is 13.0. The number of halogens is 4. The molecule has 0 aromatic heterocycles. The molecular formula is C9H11ClF3NO. The molecule has 0 saturated heterocycles. The van der Waals surface area contributed by atoms with Crippen molar-refractivity contribution >= 4 is 12.4 Å². The SMILES string of the molecule is Cl.NC(CO)c1ccc(C(F)F)c(F)c1. The Morgan fingerprint density at radius 3 is 2.33 bits per heavy atom. The van der Waals surface area contributed by atoms with Crippen molar-refractivity contribution in [3.63, 3.8) is 0 Å². The summed E-state index contributed by atoms with van der Waals surface area (Å²) in [7, 11) is 0. The summed E-state index contributed by atoms with van der Waals surface area (Å²) in [5.41, 5.74) is 5.03. The summed E-state index contributed by atoms with van der Waals surface area (Å²) in [6.45, 7) is -0.354. The lowest BCUT2D eigenvalue weighted by atomic mass is 10.1. The molecule has 0 aliphatic carbocycles. The Hall–Kier alpha value is -0.780. The topological polar surface area (TPSA) is 46.2 Å². The quantitative estimate of drug-likeness (QED) is 0.852. The Morgan fingerprint density at radius 2 is 1.93 bits per heavy atom. The summed E-state index contributed by atoms with van der Waals surface area (Å²) >= 11 is 0. The number of nitrogens with two attached hydrogens (primary N) is 1. The third kappa shape index (κ3) is 3.37. The van der Waals surface area contributed by atoms with Crippen LogP contribution in [0.4, 0.5) is 13.2 Å². The summed E-state index contributed by atoms with van der Waals surface area (Å²) < 4.78 is 37.2. The van der Waals surface area contributed by atoms with Gasteiger partial charge in [0.1, 0.15) is 5.82 Å².